The van der Waals surface area contributed by atoms with Gasteiger partial charge in [-0.05, 0) is 51.5 Å². The number of esters is 1. The third-order valence-corrected chi connectivity index (χ3v) is 6.02. The zero-order valence-electron chi connectivity index (χ0n) is 14.0. The molecule has 1 unspecified atom stereocenters. The zero-order chi connectivity index (χ0) is 16.6. The highest BCUT2D eigenvalue weighted by Crippen LogP contribution is 2.40. The van der Waals surface area contributed by atoms with Gasteiger partial charge in [0.1, 0.15) is 15.7 Å². The number of nitrogens with zero attached hydrogens (tertiary/aromatic N) is 2. The average Bonchev–Trinajstić information content (AvgIpc) is 2.80. The summed E-state index contributed by atoms with van der Waals surface area (Å²) in [5.74, 6) is 1.61. The van der Waals surface area contributed by atoms with Gasteiger partial charge in [-0.25, -0.2) is 9.97 Å². The third kappa shape index (κ3) is 3.69. The van der Waals surface area contributed by atoms with Crippen molar-refractivity contribution in [1.29, 1.82) is 0 Å². The molecule has 0 saturated carbocycles. The Morgan fingerprint density at radius 1 is 1.43 bits per heavy atom. The summed E-state index contributed by atoms with van der Waals surface area (Å²) in [6, 6.07) is 0. The summed E-state index contributed by atoms with van der Waals surface area (Å²) in [6.07, 6.45) is 3.36. The quantitative estimate of drug-likeness (QED) is 0.471. The molecule has 1 aliphatic rings. The van der Waals surface area contributed by atoms with E-state index in [2.05, 4.69) is 16.9 Å². The number of rotatable bonds is 4. The van der Waals surface area contributed by atoms with Crippen LogP contribution in [0.2, 0.25) is 0 Å². The zero-order valence-corrected chi connectivity index (χ0v) is 15.6. The first-order chi connectivity index (χ1) is 10.9. The van der Waals surface area contributed by atoms with E-state index in [4.69, 9.17) is 4.74 Å². The van der Waals surface area contributed by atoms with Gasteiger partial charge in [0.05, 0.1) is 11.9 Å². The Balaban J connectivity index is 1.91. The summed E-state index contributed by atoms with van der Waals surface area (Å²) < 4.78 is 5.22. The van der Waals surface area contributed by atoms with Crippen LogP contribution in [0.4, 0.5) is 0 Å². The normalized spacial score (nSPS) is 17.5. The van der Waals surface area contributed by atoms with Gasteiger partial charge < -0.3 is 4.74 Å². The monoisotopic (exact) mass is 350 g/mol. The van der Waals surface area contributed by atoms with Crippen LogP contribution in [0.25, 0.3) is 10.2 Å². The highest BCUT2D eigenvalue weighted by Gasteiger charge is 2.24. The molecule has 23 heavy (non-hydrogen) atoms. The summed E-state index contributed by atoms with van der Waals surface area (Å²) in [4.78, 5) is 23.6. The van der Waals surface area contributed by atoms with Gasteiger partial charge in [0, 0.05) is 10.3 Å². The van der Waals surface area contributed by atoms with Crippen LogP contribution >= 0.6 is 23.1 Å². The number of thiophene rings is 1. The molecule has 0 bridgehead atoms. The Morgan fingerprint density at radius 2 is 2.22 bits per heavy atom. The number of ether oxygens (including phenoxy) is 1. The van der Waals surface area contributed by atoms with Crippen LogP contribution in [0.15, 0.2) is 5.03 Å². The van der Waals surface area contributed by atoms with Crippen molar-refractivity contribution in [2.45, 2.75) is 58.1 Å². The fourth-order valence-electron chi connectivity index (χ4n) is 2.94. The molecule has 0 N–H and O–H groups in total. The molecule has 2 heterocycles. The molecular formula is C17H22N2O2S2. The van der Waals surface area contributed by atoms with Gasteiger partial charge in [-0.3, -0.25) is 4.79 Å². The van der Waals surface area contributed by atoms with Gasteiger partial charge in [-0.2, -0.15) is 0 Å². The smallest absolute Gasteiger partial charge is 0.316 e. The Hall–Kier alpha value is -1.14. The molecule has 0 aliphatic heterocycles. The molecule has 2 aromatic heterocycles. The number of aromatic nitrogens is 2. The molecule has 6 heteroatoms. The first-order valence-corrected chi connectivity index (χ1v) is 9.85. The molecule has 0 spiro atoms. The van der Waals surface area contributed by atoms with E-state index in [1.165, 1.54) is 34.0 Å². The van der Waals surface area contributed by atoms with Gasteiger partial charge in [0.2, 0.25) is 0 Å². The van der Waals surface area contributed by atoms with E-state index in [9.17, 15) is 4.79 Å². The summed E-state index contributed by atoms with van der Waals surface area (Å²) in [6.45, 7) is 7.96. The van der Waals surface area contributed by atoms with Gasteiger partial charge >= 0.3 is 5.97 Å². The Bertz CT molecular complexity index is 740. The van der Waals surface area contributed by atoms with Crippen LogP contribution in [0.3, 0.4) is 0 Å². The molecular weight excluding hydrogens is 328 g/mol. The van der Waals surface area contributed by atoms with Gasteiger partial charge in [0.25, 0.3) is 0 Å². The highest BCUT2D eigenvalue weighted by molar-refractivity contribution is 8.00. The molecule has 1 aliphatic carbocycles. The van der Waals surface area contributed by atoms with Crippen molar-refractivity contribution in [3.05, 3.63) is 16.3 Å². The van der Waals surface area contributed by atoms with Gasteiger partial charge in [0.15, 0.2) is 0 Å². The topological polar surface area (TPSA) is 52.1 Å². The fourth-order valence-corrected chi connectivity index (χ4v) is 5.32. The van der Waals surface area contributed by atoms with Crippen LogP contribution in [-0.4, -0.2) is 27.8 Å². The first kappa shape index (κ1) is 16.7. The average molecular weight is 351 g/mol. The van der Waals surface area contributed by atoms with Gasteiger partial charge in [-0.15, -0.1) is 11.3 Å². The van der Waals surface area contributed by atoms with Crippen LogP contribution in [0, 0.1) is 12.8 Å². The summed E-state index contributed by atoms with van der Waals surface area (Å²) in [7, 11) is 0. The van der Waals surface area contributed by atoms with E-state index in [-0.39, 0.29) is 12.1 Å². The second-order valence-corrected chi connectivity index (χ2v) is 8.48. The first-order valence-electron chi connectivity index (χ1n) is 8.05. The number of carbonyl (C=O) groups excluding carboxylic acids is 1. The molecule has 0 radical (unpaired) electrons. The third-order valence-electron chi connectivity index (χ3n) is 3.93. The Labute approximate surface area is 145 Å². The molecule has 0 fully saturated rings. The van der Waals surface area contributed by atoms with E-state index in [1.807, 2.05) is 20.8 Å². The number of hydrogen-bond donors (Lipinski definition) is 0. The maximum absolute atomic E-state index is 11.8. The van der Waals surface area contributed by atoms with Crippen LogP contribution in [0.5, 0.6) is 0 Å². The molecule has 1 atom stereocenters. The second kappa shape index (κ2) is 6.77. The molecule has 124 valence electrons. The Kier molecular flexibility index (Phi) is 4.92. The van der Waals surface area contributed by atoms with Gasteiger partial charge in [-0.1, -0.05) is 18.7 Å². The minimum absolute atomic E-state index is 0.0781. The maximum Gasteiger partial charge on any atom is 0.316 e. The minimum Gasteiger partial charge on any atom is -0.462 e. The molecule has 4 nitrogen and oxygen atoms in total. The van der Waals surface area contributed by atoms with Crippen LogP contribution in [0.1, 0.15) is 43.5 Å². The van der Waals surface area contributed by atoms with E-state index in [0.29, 0.717) is 5.75 Å². The molecule has 3 rings (SSSR count). The van der Waals surface area contributed by atoms with E-state index in [1.54, 1.807) is 11.3 Å². The predicted molar refractivity (Wildman–Crippen MR) is 95.3 cm³/mol. The fraction of sp³-hybridized carbons (Fsp3) is 0.588. The number of hydrogen-bond acceptors (Lipinski definition) is 6. The lowest BCUT2D eigenvalue weighted by atomic mass is 9.89. The van der Waals surface area contributed by atoms with E-state index < -0.39 is 0 Å². The van der Waals surface area contributed by atoms with Crippen LogP contribution < -0.4 is 0 Å². The second-order valence-electron chi connectivity index (χ2n) is 6.44. The largest absolute Gasteiger partial charge is 0.462 e. The maximum atomic E-state index is 11.8. The summed E-state index contributed by atoms with van der Waals surface area (Å²) >= 11 is 3.27. The standard InChI is InChI=1S/C17H22N2O2S2/c1-9(2)21-14(20)8-22-16-15-12-6-5-10(3)7-13(12)23-17(15)19-11(4)18-16/h9-10H,5-8H2,1-4H3. The lowest BCUT2D eigenvalue weighted by Crippen LogP contribution is -2.13. The highest BCUT2D eigenvalue weighted by atomic mass is 32.2. The van der Waals surface area contributed by atoms with Crippen molar-refractivity contribution >= 4 is 39.3 Å². The summed E-state index contributed by atoms with van der Waals surface area (Å²) in [5.41, 5.74) is 1.41. The van der Waals surface area contributed by atoms with Crippen molar-refractivity contribution in [1.82, 2.24) is 9.97 Å². The van der Waals surface area contributed by atoms with Crippen molar-refractivity contribution in [3.8, 4) is 0 Å². The SMILES string of the molecule is Cc1nc(SCC(=O)OC(C)C)c2c3c(sc2n1)CC(C)CC3. The van der Waals surface area contributed by atoms with E-state index >= 15 is 0 Å². The molecule has 0 aromatic carbocycles. The van der Waals surface area contributed by atoms with Crippen molar-refractivity contribution < 1.29 is 9.53 Å². The number of thioether (sulfide) groups is 1. The minimum atomic E-state index is -0.188. The lowest BCUT2D eigenvalue weighted by Gasteiger charge is -2.18. The lowest BCUT2D eigenvalue weighted by molar-refractivity contribution is -0.144. The summed E-state index contributed by atoms with van der Waals surface area (Å²) in [5, 5.41) is 2.10. The van der Waals surface area contributed by atoms with Crippen molar-refractivity contribution in [2.75, 3.05) is 5.75 Å². The predicted octanol–water partition coefficient (Wildman–Crippen LogP) is 4.17. The molecule has 0 amide bonds. The van der Waals surface area contributed by atoms with Crippen LogP contribution in [-0.2, 0) is 22.4 Å². The van der Waals surface area contributed by atoms with Crippen molar-refractivity contribution in [2.24, 2.45) is 5.92 Å². The number of carbonyl (C=O) groups is 1. The Morgan fingerprint density at radius 3 is 2.96 bits per heavy atom. The number of aryl methyl sites for hydroxylation is 2. The molecule has 2 aromatic rings. The number of fused-ring (bicyclic) bond motifs is 3. The van der Waals surface area contributed by atoms with E-state index in [0.717, 1.165) is 34.4 Å². The van der Waals surface area contributed by atoms with Crippen molar-refractivity contribution in [3.63, 3.8) is 0 Å². The molecule has 0 saturated heterocycles.